The van der Waals surface area contributed by atoms with Gasteiger partial charge >= 0.3 is 5.91 Å². The van der Waals surface area contributed by atoms with Crippen molar-refractivity contribution in [2.75, 3.05) is 6.54 Å². The molecule has 1 unspecified atom stereocenters. The Balaban J connectivity index is 2.58. The van der Waals surface area contributed by atoms with E-state index in [-0.39, 0.29) is 11.6 Å². The summed E-state index contributed by atoms with van der Waals surface area (Å²) in [5.41, 5.74) is 0. The molecule has 0 aromatic carbocycles. The summed E-state index contributed by atoms with van der Waals surface area (Å²) in [6, 6.07) is 0. The summed E-state index contributed by atoms with van der Waals surface area (Å²) in [6.45, 7) is -0.312. The molecule has 1 heterocycles. The van der Waals surface area contributed by atoms with Crippen LogP contribution in [-0.4, -0.2) is 29.0 Å². The molecule has 8 heavy (non-hydrogen) atoms. The van der Waals surface area contributed by atoms with Crippen LogP contribution in [0.5, 0.6) is 0 Å². The minimum Gasteiger partial charge on any atom is -0.628 e. The van der Waals surface area contributed by atoms with E-state index in [0.29, 0.717) is 0 Å². The van der Waals surface area contributed by atoms with Gasteiger partial charge in [-0.05, 0) is 0 Å². The van der Waals surface area contributed by atoms with E-state index in [1.165, 1.54) is 0 Å². The zero-order valence-corrected chi connectivity index (χ0v) is 4.03. The second-order valence-corrected chi connectivity index (χ2v) is 1.68. The van der Waals surface area contributed by atoms with Crippen molar-refractivity contribution in [2.24, 2.45) is 4.99 Å². The van der Waals surface area contributed by atoms with Gasteiger partial charge in [-0.1, -0.05) is 0 Å². The van der Waals surface area contributed by atoms with Crippen LogP contribution in [0.15, 0.2) is 4.99 Å². The van der Waals surface area contributed by atoms with E-state index in [9.17, 15) is 5.21 Å². The molecular formula is C3H6N2O3. The Morgan fingerprint density at radius 2 is 2.38 bits per heavy atom. The maximum Gasteiger partial charge on any atom is 0.321 e. The molecule has 0 aromatic heterocycles. The van der Waals surface area contributed by atoms with Crippen LogP contribution in [0.2, 0.25) is 0 Å². The molecule has 0 fully saturated rings. The molecule has 0 saturated carbocycles. The lowest BCUT2D eigenvalue weighted by Crippen LogP contribution is -3.05. The van der Waals surface area contributed by atoms with Gasteiger partial charge in [-0.15, -0.1) is 0 Å². The number of nitrogens with one attached hydrogen (secondary N) is 1. The third kappa shape index (κ3) is 1.01. The first kappa shape index (κ1) is 5.64. The highest BCUT2D eigenvalue weighted by Gasteiger charge is 2.30. The van der Waals surface area contributed by atoms with Gasteiger partial charge in [0, 0.05) is 0 Å². The molecule has 3 N–H and O–H groups in total. The minimum atomic E-state index is -2.11. The molecule has 0 radical (unpaired) electrons. The van der Waals surface area contributed by atoms with Crippen molar-refractivity contribution >= 4 is 6.34 Å². The smallest absolute Gasteiger partial charge is 0.321 e. The number of rotatable bonds is 0. The quantitative estimate of drug-likeness (QED) is 0.235. The van der Waals surface area contributed by atoms with E-state index >= 15 is 0 Å². The van der Waals surface area contributed by atoms with Crippen LogP contribution < -0.4 is 5.06 Å². The zero-order valence-electron chi connectivity index (χ0n) is 4.03. The Morgan fingerprint density at radius 3 is 2.50 bits per heavy atom. The summed E-state index contributed by atoms with van der Waals surface area (Å²) in [6.07, 6.45) is 0.917. The Kier molecular flexibility index (Phi) is 1.05. The molecule has 1 aliphatic rings. The Morgan fingerprint density at radius 1 is 1.75 bits per heavy atom. The predicted octanol–water partition coefficient (Wildman–Crippen LogP) is -2.95. The summed E-state index contributed by atoms with van der Waals surface area (Å²) in [5.74, 6) is -2.11. The van der Waals surface area contributed by atoms with Crippen LogP contribution >= 0.6 is 0 Å². The van der Waals surface area contributed by atoms with Gasteiger partial charge < -0.3 is 20.5 Å². The van der Waals surface area contributed by atoms with Crippen LogP contribution in [0, 0.1) is 5.21 Å². The number of hydrogen-bond acceptors (Lipinski definition) is 4. The van der Waals surface area contributed by atoms with Crippen LogP contribution in [0.25, 0.3) is 0 Å². The number of hydroxylamine groups is 2. The van der Waals surface area contributed by atoms with Crippen molar-refractivity contribution < 1.29 is 15.3 Å². The Hall–Kier alpha value is -0.490. The van der Waals surface area contributed by atoms with E-state index in [1.807, 2.05) is 0 Å². The summed E-state index contributed by atoms with van der Waals surface area (Å²) >= 11 is 0. The first-order valence-corrected chi connectivity index (χ1v) is 2.13. The molecule has 1 rings (SSSR count). The SMILES string of the molecule is [O-][NH+]1C=NC(O)(O)C1. The van der Waals surface area contributed by atoms with Crippen molar-refractivity contribution in [3.8, 4) is 0 Å². The van der Waals surface area contributed by atoms with Gasteiger partial charge in [0.2, 0.25) is 0 Å². The summed E-state index contributed by atoms with van der Waals surface area (Å²) in [7, 11) is 0. The molecule has 0 bridgehead atoms. The third-order valence-electron chi connectivity index (χ3n) is 0.827. The highest BCUT2D eigenvalue weighted by atomic mass is 16.6. The lowest BCUT2D eigenvalue weighted by molar-refractivity contribution is -0.745. The minimum absolute atomic E-state index is 0.312. The van der Waals surface area contributed by atoms with E-state index < -0.39 is 5.91 Å². The first-order chi connectivity index (χ1) is 3.60. The van der Waals surface area contributed by atoms with Crippen molar-refractivity contribution in [2.45, 2.75) is 5.91 Å². The van der Waals surface area contributed by atoms with Gasteiger partial charge in [0.05, 0.1) is 0 Å². The Labute approximate surface area is 45.5 Å². The van der Waals surface area contributed by atoms with Crippen LogP contribution in [0.4, 0.5) is 0 Å². The van der Waals surface area contributed by atoms with Gasteiger partial charge in [0.15, 0.2) is 12.9 Å². The average Bonchev–Trinajstić information content (AvgIpc) is 1.82. The van der Waals surface area contributed by atoms with Gasteiger partial charge in [0.25, 0.3) is 0 Å². The van der Waals surface area contributed by atoms with Gasteiger partial charge in [-0.2, -0.15) is 4.99 Å². The highest BCUT2D eigenvalue weighted by Crippen LogP contribution is 1.97. The second-order valence-electron chi connectivity index (χ2n) is 1.68. The molecule has 0 amide bonds. The fourth-order valence-corrected chi connectivity index (χ4v) is 0.500. The number of hydrogen-bond donors (Lipinski definition) is 3. The van der Waals surface area contributed by atoms with Crippen LogP contribution in [0.1, 0.15) is 0 Å². The monoisotopic (exact) mass is 118 g/mol. The molecule has 0 spiro atoms. The van der Waals surface area contributed by atoms with Crippen molar-refractivity contribution in [3.05, 3.63) is 5.21 Å². The molecule has 0 saturated heterocycles. The second kappa shape index (κ2) is 1.49. The normalized spacial score (nSPS) is 33.6. The molecule has 5 nitrogen and oxygen atoms in total. The fraction of sp³-hybridized carbons (Fsp3) is 0.667. The first-order valence-electron chi connectivity index (χ1n) is 2.13. The van der Waals surface area contributed by atoms with E-state index in [2.05, 4.69) is 4.99 Å². The van der Waals surface area contributed by atoms with Crippen molar-refractivity contribution in [1.29, 1.82) is 0 Å². The molecule has 1 atom stereocenters. The van der Waals surface area contributed by atoms with Crippen molar-refractivity contribution in [3.63, 3.8) is 0 Å². The molecule has 46 valence electrons. The van der Waals surface area contributed by atoms with Gasteiger partial charge in [-0.25, -0.2) is 0 Å². The fourth-order valence-electron chi connectivity index (χ4n) is 0.500. The lowest BCUT2D eigenvalue weighted by atomic mass is 10.5. The van der Waals surface area contributed by atoms with Gasteiger partial charge in [0.1, 0.15) is 0 Å². The van der Waals surface area contributed by atoms with E-state index in [0.717, 1.165) is 6.34 Å². The number of aliphatic imine (C=N–C) groups is 1. The zero-order chi connectivity index (χ0) is 6.20. The van der Waals surface area contributed by atoms with E-state index in [4.69, 9.17) is 10.2 Å². The molecular weight excluding hydrogens is 112 g/mol. The van der Waals surface area contributed by atoms with Crippen LogP contribution in [0.3, 0.4) is 0 Å². The highest BCUT2D eigenvalue weighted by molar-refractivity contribution is 5.45. The van der Waals surface area contributed by atoms with Crippen molar-refractivity contribution in [1.82, 2.24) is 0 Å². The Bertz CT molecular complexity index is 122. The summed E-state index contributed by atoms with van der Waals surface area (Å²) in [5, 5.41) is 26.8. The third-order valence-corrected chi connectivity index (χ3v) is 0.827. The summed E-state index contributed by atoms with van der Waals surface area (Å²) < 4.78 is 0. The number of nitrogens with zero attached hydrogens (tertiary/aromatic N) is 1. The maximum absolute atomic E-state index is 10.2. The van der Waals surface area contributed by atoms with Crippen LogP contribution in [-0.2, 0) is 0 Å². The standard InChI is InChI=1S/C3H6N2O3/c6-3(7)1-5(8)2-4-3/h2,5-7H,1H2. The molecule has 0 aliphatic carbocycles. The number of aliphatic hydroxyl groups is 2. The summed E-state index contributed by atoms with van der Waals surface area (Å²) in [4.78, 5) is 3.09. The molecule has 0 aromatic rings. The van der Waals surface area contributed by atoms with Gasteiger partial charge in [-0.3, -0.25) is 0 Å². The lowest BCUT2D eigenvalue weighted by Gasteiger charge is -2.13. The molecule has 5 heteroatoms. The predicted molar refractivity (Wildman–Crippen MR) is 24.9 cm³/mol. The topological polar surface area (TPSA) is 80.3 Å². The number of quaternary nitrogens is 1. The molecule has 1 aliphatic heterocycles. The average molecular weight is 118 g/mol. The largest absolute Gasteiger partial charge is 0.628 e. The van der Waals surface area contributed by atoms with E-state index in [1.54, 1.807) is 0 Å². The maximum atomic E-state index is 10.2.